The number of hydrogen-bond acceptors (Lipinski definition) is 4. The van der Waals surface area contributed by atoms with E-state index in [2.05, 4.69) is 27.6 Å². The maximum absolute atomic E-state index is 13.9. The summed E-state index contributed by atoms with van der Waals surface area (Å²) >= 11 is 0. The number of anilines is 1. The molecule has 2 N–H and O–H groups in total. The van der Waals surface area contributed by atoms with Crippen LogP contribution in [0, 0.1) is 5.82 Å². The second kappa shape index (κ2) is 8.49. The first-order chi connectivity index (χ1) is 13.0. The lowest BCUT2D eigenvalue weighted by atomic mass is 10.1. The number of carbonyl (C=O) groups is 1. The molecule has 1 aliphatic heterocycles. The van der Waals surface area contributed by atoms with Crippen LogP contribution in [-0.2, 0) is 4.79 Å². The highest BCUT2D eigenvalue weighted by molar-refractivity contribution is 5.86. The molecule has 140 valence electrons. The van der Waals surface area contributed by atoms with Gasteiger partial charge in [0.05, 0.1) is 6.21 Å². The number of nitrogens with zero attached hydrogens (tertiary/aromatic N) is 2. The summed E-state index contributed by atoms with van der Waals surface area (Å²) in [5.41, 5.74) is 5.21. The summed E-state index contributed by atoms with van der Waals surface area (Å²) in [6.07, 6.45) is 7.34. The van der Waals surface area contributed by atoms with E-state index >= 15 is 0 Å². The number of benzene rings is 2. The number of phenolic OH excluding ortho intramolecular Hbond substituents is 1. The fraction of sp³-hybridized carbons (Fsp3) is 0.238. The van der Waals surface area contributed by atoms with E-state index in [0.717, 1.165) is 18.7 Å². The summed E-state index contributed by atoms with van der Waals surface area (Å²) in [4.78, 5) is 13.2. The number of hydrazone groups is 1. The molecule has 0 unspecified atom stereocenters. The van der Waals surface area contributed by atoms with Crippen LogP contribution in [0.1, 0.15) is 36.5 Å². The Kier molecular flexibility index (Phi) is 5.86. The van der Waals surface area contributed by atoms with Crippen molar-refractivity contribution in [3.63, 3.8) is 0 Å². The number of hydrogen-bond donors (Lipinski definition) is 2. The van der Waals surface area contributed by atoms with Crippen molar-refractivity contribution in [1.82, 2.24) is 5.43 Å². The van der Waals surface area contributed by atoms with Crippen LogP contribution < -0.4 is 10.3 Å². The summed E-state index contributed by atoms with van der Waals surface area (Å²) in [5, 5.41) is 13.5. The van der Waals surface area contributed by atoms with Crippen molar-refractivity contribution < 1.29 is 14.3 Å². The van der Waals surface area contributed by atoms with E-state index in [9.17, 15) is 14.3 Å². The molecule has 0 spiro atoms. The summed E-state index contributed by atoms with van der Waals surface area (Å²) < 4.78 is 13.9. The standard InChI is InChI=1S/C21H22FN3O2/c1-15(26)24-23-14-18-12-17(13-20(22)21(18)27)5-4-16-6-8-19(9-7-16)25-10-2-3-11-25/h4-9,12-14,27H,2-3,10-11H2,1H3,(H,24,26)/b5-4+,23-14+. The Labute approximate surface area is 157 Å². The number of halogens is 1. The van der Waals surface area contributed by atoms with Crippen molar-refractivity contribution in [3.05, 3.63) is 58.9 Å². The number of carbonyl (C=O) groups excluding carboxylic acids is 1. The van der Waals surface area contributed by atoms with Crippen molar-refractivity contribution in [2.24, 2.45) is 5.10 Å². The third-order valence-electron chi connectivity index (χ3n) is 4.37. The third-order valence-corrected chi connectivity index (χ3v) is 4.37. The fourth-order valence-corrected chi connectivity index (χ4v) is 2.99. The van der Waals surface area contributed by atoms with E-state index in [1.54, 1.807) is 12.1 Å². The van der Waals surface area contributed by atoms with Gasteiger partial charge in [-0.3, -0.25) is 4.79 Å². The highest BCUT2D eigenvalue weighted by atomic mass is 19.1. The number of aromatic hydroxyl groups is 1. The van der Waals surface area contributed by atoms with Crippen LogP contribution in [0.3, 0.4) is 0 Å². The smallest absolute Gasteiger partial charge is 0.236 e. The molecule has 1 saturated heterocycles. The first-order valence-corrected chi connectivity index (χ1v) is 8.88. The minimum absolute atomic E-state index is 0.188. The Morgan fingerprint density at radius 3 is 2.48 bits per heavy atom. The fourth-order valence-electron chi connectivity index (χ4n) is 2.99. The second-order valence-corrected chi connectivity index (χ2v) is 6.49. The summed E-state index contributed by atoms with van der Waals surface area (Å²) in [5.74, 6) is -1.60. The Morgan fingerprint density at radius 2 is 1.81 bits per heavy atom. The lowest BCUT2D eigenvalue weighted by Crippen LogP contribution is -2.17. The van der Waals surface area contributed by atoms with Gasteiger partial charge >= 0.3 is 0 Å². The van der Waals surface area contributed by atoms with Gasteiger partial charge in [0, 0.05) is 31.3 Å². The summed E-state index contributed by atoms with van der Waals surface area (Å²) in [7, 11) is 0. The normalized spacial score (nSPS) is 14.4. The monoisotopic (exact) mass is 367 g/mol. The van der Waals surface area contributed by atoms with E-state index < -0.39 is 11.6 Å². The zero-order valence-electron chi connectivity index (χ0n) is 15.2. The number of rotatable bonds is 5. The van der Waals surface area contributed by atoms with Crippen molar-refractivity contribution in [2.45, 2.75) is 19.8 Å². The molecule has 0 atom stereocenters. The number of amides is 1. The quantitative estimate of drug-likeness (QED) is 0.480. The molecule has 0 aromatic heterocycles. The first kappa shape index (κ1) is 18.6. The predicted octanol–water partition coefficient (Wildman–Crippen LogP) is 3.77. The second-order valence-electron chi connectivity index (χ2n) is 6.49. The summed E-state index contributed by atoms with van der Waals surface area (Å²) in [6, 6.07) is 11.1. The molecule has 5 nitrogen and oxygen atoms in total. The van der Waals surface area contributed by atoms with Gasteiger partial charge in [0.2, 0.25) is 5.91 Å². The molecular weight excluding hydrogens is 345 g/mol. The van der Waals surface area contributed by atoms with Crippen LogP contribution in [0.4, 0.5) is 10.1 Å². The molecule has 3 rings (SSSR count). The Bertz CT molecular complexity index is 870. The first-order valence-electron chi connectivity index (χ1n) is 8.88. The number of nitrogens with one attached hydrogen (secondary N) is 1. The SMILES string of the molecule is CC(=O)N/N=C/c1cc(/C=C/c2ccc(N3CCCC3)cc2)cc(F)c1O. The molecule has 1 fully saturated rings. The molecule has 1 heterocycles. The lowest BCUT2D eigenvalue weighted by molar-refractivity contribution is -0.118. The molecule has 0 radical (unpaired) electrons. The van der Waals surface area contributed by atoms with Crippen molar-refractivity contribution in [1.29, 1.82) is 0 Å². The predicted molar refractivity (Wildman–Crippen MR) is 106 cm³/mol. The highest BCUT2D eigenvalue weighted by Crippen LogP contribution is 2.24. The average Bonchev–Trinajstić information content (AvgIpc) is 3.18. The molecule has 6 heteroatoms. The molecular formula is C21H22FN3O2. The molecule has 27 heavy (non-hydrogen) atoms. The van der Waals surface area contributed by atoms with Gasteiger partial charge in [0.25, 0.3) is 0 Å². The van der Waals surface area contributed by atoms with Gasteiger partial charge in [0.15, 0.2) is 11.6 Å². The minimum atomic E-state index is -0.745. The van der Waals surface area contributed by atoms with E-state index in [1.165, 1.54) is 37.7 Å². The van der Waals surface area contributed by atoms with Gasteiger partial charge in [-0.1, -0.05) is 24.3 Å². The number of phenols is 1. The lowest BCUT2D eigenvalue weighted by Gasteiger charge is -2.17. The van der Waals surface area contributed by atoms with Crippen LogP contribution in [0.15, 0.2) is 41.5 Å². The Morgan fingerprint density at radius 1 is 1.15 bits per heavy atom. The van der Waals surface area contributed by atoms with Crippen LogP contribution in [0.5, 0.6) is 5.75 Å². The Balaban J connectivity index is 1.75. The van der Waals surface area contributed by atoms with Crippen LogP contribution >= 0.6 is 0 Å². The molecule has 2 aromatic carbocycles. The zero-order chi connectivity index (χ0) is 19.2. The zero-order valence-corrected chi connectivity index (χ0v) is 15.2. The topological polar surface area (TPSA) is 64.9 Å². The van der Waals surface area contributed by atoms with E-state index in [-0.39, 0.29) is 11.5 Å². The van der Waals surface area contributed by atoms with Crippen LogP contribution in [0.2, 0.25) is 0 Å². The molecule has 1 aliphatic rings. The van der Waals surface area contributed by atoms with Crippen LogP contribution in [0.25, 0.3) is 12.2 Å². The van der Waals surface area contributed by atoms with Gasteiger partial charge in [-0.15, -0.1) is 0 Å². The minimum Gasteiger partial charge on any atom is -0.504 e. The largest absolute Gasteiger partial charge is 0.504 e. The van der Waals surface area contributed by atoms with E-state index in [0.29, 0.717) is 5.56 Å². The van der Waals surface area contributed by atoms with Crippen LogP contribution in [-0.4, -0.2) is 30.3 Å². The van der Waals surface area contributed by atoms with E-state index in [1.807, 2.05) is 18.2 Å². The molecule has 0 saturated carbocycles. The highest BCUT2D eigenvalue weighted by Gasteiger charge is 2.11. The van der Waals surface area contributed by atoms with E-state index in [4.69, 9.17) is 0 Å². The maximum atomic E-state index is 13.9. The van der Waals surface area contributed by atoms with Crippen molar-refractivity contribution in [3.8, 4) is 5.75 Å². The van der Waals surface area contributed by atoms with Gasteiger partial charge < -0.3 is 10.0 Å². The molecule has 2 aromatic rings. The maximum Gasteiger partial charge on any atom is 0.236 e. The molecule has 0 aliphatic carbocycles. The van der Waals surface area contributed by atoms with Gasteiger partial charge in [-0.05, 0) is 48.2 Å². The van der Waals surface area contributed by atoms with Gasteiger partial charge in [0.1, 0.15) is 0 Å². The van der Waals surface area contributed by atoms with Gasteiger partial charge in [-0.2, -0.15) is 5.10 Å². The third kappa shape index (κ3) is 4.94. The molecule has 0 bridgehead atoms. The summed E-state index contributed by atoms with van der Waals surface area (Å²) in [6.45, 7) is 3.52. The Hall–Kier alpha value is -3.15. The van der Waals surface area contributed by atoms with Crippen molar-refractivity contribution in [2.75, 3.05) is 18.0 Å². The van der Waals surface area contributed by atoms with Crippen molar-refractivity contribution >= 4 is 30.0 Å². The average molecular weight is 367 g/mol. The van der Waals surface area contributed by atoms with Gasteiger partial charge in [-0.25, -0.2) is 9.82 Å². The molecule has 1 amide bonds.